The molecule has 0 spiro atoms. The molecule has 0 atom stereocenters. The molecule has 0 saturated carbocycles. The molecule has 1 aromatic carbocycles. The number of halogens is 1. The molecule has 0 bridgehead atoms. The third kappa shape index (κ3) is 2.72. The Kier molecular flexibility index (Phi) is 3.73. The Morgan fingerprint density at radius 1 is 1.46 bits per heavy atom. The Hall–Kier alpha value is -1.06. The minimum atomic E-state index is -0.0438. The molecular formula is C9H10ClNO2. The van der Waals surface area contributed by atoms with Gasteiger partial charge in [-0.25, -0.2) is 4.84 Å². The van der Waals surface area contributed by atoms with E-state index in [2.05, 4.69) is 4.84 Å². The molecule has 0 aliphatic heterocycles. The predicted octanol–water partition coefficient (Wildman–Crippen LogP) is 1.62. The van der Waals surface area contributed by atoms with Crippen LogP contribution in [0.5, 0.6) is 5.75 Å². The van der Waals surface area contributed by atoms with Gasteiger partial charge in [0.05, 0.1) is 13.7 Å². The third-order valence-electron chi connectivity index (χ3n) is 1.64. The maximum atomic E-state index is 11.3. The first kappa shape index (κ1) is 10.0. The quantitative estimate of drug-likeness (QED) is 0.592. The Labute approximate surface area is 81.8 Å². The van der Waals surface area contributed by atoms with Gasteiger partial charge in [-0.3, -0.25) is 4.79 Å². The number of hydrogen-bond acceptors (Lipinski definition) is 3. The van der Waals surface area contributed by atoms with Gasteiger partial charge in [0.25, 0.3) is 0 Å². The SMILES string of the molecule is COc1ccc(C(=O)CNCl)cc1. The number of Topliss-reactive ketones (excluding diaryl/α,β-unsaturated/α-hetero) is 1. The van der Waals surface area contributed by atoms with Gasteiger partial charge in [0.15, 0.2) is 5.78 Å². The molecule has 0 heterocycles. The van der Waals surface area contributed by atoms with Crippen LogP contribution in [0, 0.1) is 0 Å². The van der Waals surface area contributed by atoms with Crippen molar-refractivity contribution in [3.05, 3.63) is 29.8 Å². The van der Waals surface area contributed by atoms with Crippen LogP contribution in [0.1, 0.15) is 10.4 Å². The molecular weight excluding hydrogens is 190 g/mol. The van der Waals surface area contributed by atoms with Crippen molar-refractivity contribution in [2.24, 2.45) is 0 Å². The smallest absolute Gasteiger partial charge is 0.177 e. The lowest BCUT2D eigenvalue weighted by Gasteiger charge is -2.01. The lowest BCUT2D eigenvalue weighted by atomic mass is 10.1. The Morgan fingerprint density at radius 3 is 2.54 bits per heavy atom. The van der Waals surface area contributed by atoms with Gasteiger partial charge in [0.1, 0.15) is 5.75 Å². The topological polar surface area (TPSA) is 38.3 Å². The van der Waals surface area contributed by atoms with Crippen LogP contribution in [-0.2, 0) is 0 Å². The van der Waals surface area contributed by atoms with Gasteiger partial charge in [-0.15, -0.1) is 0 Å². The van der Waals surface area contributed by atoms with Crippen LogP contribution in [-0.4, -0.2) is 19.4 Å². The first-order chi connectivity index (χ1) is 6.27. The third-order valence-corrected chi connectivity index (χ3v) is 1.77. The maximum absolute atomic E-state index is 11.3. The van der Waals surface area contributed by atoms with E-state index in [1.807, 2.05) is 0 Å². The molecule has 0 aliphatic rings. The molecule has 0 aliphatic carbocycles. The van der Waals surface area contributed by atoms with Gasteiger partial charge in [-0.1, -0.05) is 0 Å². The number of ether oxygens (including phenoxy) is 1. The number of hydrogen-bond donors (Lipinski definition) is 1. The number of ketones is 1. The lowest BCUT2D eigenvalue weighted by Crippen LogP contribution is -2.14. The first-order valence-corrected chi connectivity index (χ1v) is 4.16. The van der Waals surface area contributed by atoms with Crippen LogP contribution in [0.3, 0.4) is 0 Å². The first-order valence-electron chi connectivity index (χ1n) is 3.78. The molecule has 0 radical (unpaired) electrons. The second-order valence-corrected chi connectivity index (χ2v) is 2.73. The van der Waals surface area contributed by atoms with E-state index in [1.54, 1.807) is 31.4 Å². The normalized spacial score (nSPS) is 9.69. The summed E-state index contributed by atoms with van der Waals surface area (Å²) >= 11 is 5.21. The molecule has 1 aromatic rings. The van der Waals surface area contributed by atoms with E-state index < -0.39 is 0 Å². The van der Waals surface area contributed by atoms with Crippen molar-refractivity contribution in [1.29, 1.82) is 0 Å². The van der Waals surface area contributed by atoms with Crippen LogP contribution >= 0.6 is 11.8 Å². The summed E-state index contributed by atoms with van der Waals surface area (Å²) < 4.78 is 4.96. The number of nitrogens with one attached hydrogen (secondary N) is 1. The average molecular weight is 200 g/mol. The molecule has 3 nitrogen and oxygen atoms in total. The van der Waals surface area contributed by atoms with Gasteiger partial charge in [0, 0.05) is 5.56 Å². The fourth-order valence-corrected chi connectivity index (χ4v) is 1.06. The Morgan fingerprint density at radius 2 is 2.08 bits per heavy atom. The van der Waals surface area contributed by atoms with E-state index in [4.69, 9.17) is 16.5 Å². The summed E-state index contributed by atoms with van der Waals surface area (Å²) in [5, 5.41) is 0. The summed E-state index contributed by atoms with van der Waals surface area (Å²) in [6.07, 6.45) is 0. The van der Waals surface area contributed by atoms with E-state index in [1.165, 1.54) is 0 Å². The minimum Gasteiger partial charge on any atom is -0.497 e. The molecule has 0 fully saturated rings. The van der Waals surface area contributed by atoms with Crippen molar-refractivity contribution in [2.45, 2.75) is 0 Å². The Balaban J connectivity index is 2.74. The fourth-order valence-electron chi connectivity index (χ4n) is 0.940. The number of methoxy groups -OCH3 is 1. The molecule has 13 heavy (non-hydrogen) atoms. The van der Waals surface area contributed by atoms with Crippen LogP contribution in [0.4, 0.5) is 0 Å². The standard InChI is InChI=1S/C9H10ClNO2/c1-13-8-4-2-7(3-5-8)9(12)6-11-10/h2-5,11H,6H2,1H3. The van der Waals surface area contributed by atoms with Crippen molar-refractivity contribution in [1.82, 2.24) is 4.84 Å². The minimum absolute atomic E-state index is 0.0438. The summed E-state index contributed by atoms with van der Waals surface area (Å²) in [5.41, 5.74) is 0.619. The van der Waals surface area contributed by atoms with Crippen LogP contribution in [0.2, 0.25) is 0 Å². The summed E-state index contributed by atoms with van der Waals surface area (Å²) in [5.74, 6) is 0.688. The number of carbonyl (C=O) groups excluding carboxylic acids is 1. The van der Waals surface area contributed by atoms with Crippen LogP contribution in [0.15, 0.2) is 24.3 Å². The second-order valence-electron chi connectivity index (χ2n) is 2.46. The van der Waals surface area contributed by atoms with E-state index >= 15 is 0 Å². The number of rotatable bonds is 4. The molecule has 0 saturated heterocycles. The zero-order valence-electron chi connectivity index (χ0n) is 7.21. The van der Waals surface area contributed by atoms with Gasteiger partial charge >= 0.3 is 0 Å². The van der Waals surface area contributed by atoms with Gasteiger partial charge in [-0.05, 0) is 36.0 Å². The highest BCUT2D eigenvalue weighted by atomic mass is 35.5. The molecule has 0 amide bonds. The predicted molar refractivity (Wildman–Crippen MR) is 51.2 cm³/mol. The van der Waals surface area contributed by atoms with Crippen LogP contribution < -0.4 is 9.57 Å². The second kappa shape index (κ2) is 4.84. The molecule has 70 valence electrons. The fraction of sp³-hybridized carbons (Fsp3) is 0.222. The van der Waals surface area contributed by atoms with Crippen molar-refractivity contribution < 1.29 is 9.53 Å². The average Bonchev–Trinajstić information content (AvgIpc) is 2.18. The molecule has 0 aromatic heterocycles. The summed E-state index contributed by atoms with van der Waals surface area (Å²) in [7, 11) is 1.58. The van der Waals surface area contributed by atoms with Crippen molar-refractivity contribution in [3.8, 4) is 5.75 Å². The van der Waals surface area contributed by atoms with Crippen molar-refractivity contribution in [2.75, 3.05) is 13.7 Å². The van der Waals surface area contributed by atoms with Crippen molar-refractivity contribution in [3.63, 3.8) is 0 Å². The zero-order chi connectivity index (χ0) is 9.68. The Bertz CT molecular complexity index is 284. The summed E-state index contributed by atoms with van der Waals surface area (Å²) in [6, 6.07) is 6.88. The number of carbonyl (C=O) groups is 1. The molecule has 1 rings (SSSR count). The number of benzene rings is 1. The van der Waals surface area contributed by atoms with Crippen molar-refractivity contribution >= 4 is 17.6 Å². The summed E-state index contributed by atoms with van der Waals surface area (Å²) in [6.45, 7) is 0.133. The largest absolute Gasteiger partial charge is 0.497 e. The van der Waals surface area contributed by atoms with E-state index in [9.17, 15) is 4.79 Å². The maximum Gasteiger partial charge on any atom is 0.177 e. The van der Waals surface area contributed by atoms with Gasteiger partial charge < -0.3 is 4.74 Å². The van der Waals surface area contributed by atoms with Gasteiger partial charge in [0.2, 0.25) is 0 Å². The van der Waals surface area contributed by atoms with E-state index in [0.29, 0.717) is 5.56 Å². The van der Waals surface area contributed by atoms with Crippen LogP contribution in [0.25, 0.3) is 0 Å². The zero-order valence-corrected chi connectivity index (χ0v) is 7.97. The lowest BCUT2D eigenvalue weighted by molar-refractivity contribution is 0.0997. The monoisotopic (exact) mass is 199 g/mol. The highest BCUT2D eigenvalue weighted by Crippen LogP contribution is 2.11. The van der Waals surface area contributed by atoms with E-state index in [0.717, 1.165) is 5.75 Å². The molecule has 4 heteroatoms. The van der Waals surface area contributed by atoms with E-state index in [-0.39, 0.29) is 12.3 Å². The summed E-state index contributed by atoms with van der Waals surface area (Å²) in [4.78, 5) is 13.5. The van der Waals surface area contributed by atoms with Gasteiger partial charge in [-0.2, -0.15) is 0 Å². The molecule has 1 N–H and O–H groups in total. The highest BCUT2D eigenvalue weighted by Gasteiger charge is 2.03. The molecule has 0 unspecified atom stereocenters. The highest BCUT2D eigenvalue weighted by molar-refractivity contribution is 6.15.